The Morgan fingerprint density at radius 1 is 0.945 bits per heavy atom. The SMILES string of the molecule is Cc1c(C#Cc2ccc(CCCCNc3cccc4c3C(=O)N(C3CCC(=O)CC3=O)C4=O)cn2)sc2c1C(c1ccc(Cl)cc1)=N[C@@H](C)c1nnc(C)n1-2. The van der Waals surface area contributed by atoms with Crippen molar-refractivity contribution in [3.05, 3.63) is 121 Å². The van der Waals surface area contributed by atoms with Crippen LogP contribution in [0.5, 0.6) is 0 Å². The first-order valence-corrected chi connectivity index (χ1v) is 19.4. The maximum atomic E-state index is 13.4. The summed E-state index contributed by atoms with van der Waals surface area (Å²) in [4.78, 5) is 62.5. The number of imide groups is 1. The molecule has 1 saturated carbocycles. The lowest BCUT2D eigenvalue weighted by Crippen LogP contribution is -2.47. The van der Waals surface area contributed by atoms with Crippen molar-refractivity contribution in [2.75, 3.05) is 11.9 Å². The number of ketones is 2. The van der Waals surface area contributed by atoms with Gasteiger partial charge in [-0.05, 0) is 99.8 Å². The average Bonchev–Trinajstić information content (AvgIpc) is 3.77. The van der Waals surface area contributed by atoms with Gasteiger partial charge in [-0.15, -0.1) is 21.5 Å². The largest absolute Gasteiger partial charge is 0.384 e. The number of aromatic nitrogens is 4. The minimum absolute atomic E-state index is 0.155. The number of fused-ring (bicyclic) bond motifs is 4. The fourth-order valence-electron chi connectivity index (χ4n) is 7.41. The predicted molar refractivity (Wildman–Crippen MR) is 210 cm³/mol. The highest BCUT2D eigenvalue weighted by molar-refractivity contribution is 7.15. The van der Waals surface area contributed by atoms with Gasteiger partial charge in [-0.2, -0.15) is 0 Å². The first kappa shape index (κ1) is 36.2. The van der Waals surface area contributed by atoms with Gasteiger partial charge in [0.05, 0.1) is 34.2 Å². The molecule has 0 saturated heterocycles. The van der Waals surface area contributed by atoms with Crippen molar-refractivity contribution in [3.63, 3.8) is 0 Å². The molecule has 5 aromatic rings. The third kappa shape index (κ3) is 6.79. The number of aliphatic imine (C=N–C) groups is 1. The molecule has 8 rings (SSSR count). The third-order valence-electron chi connectivity index (χ3n) is 10.3. The highest BCUT2D eigenvalue weighted by Gasteiger charge is 2.45. The van der Waals surface area contributed by atoms with Crippen LogP contribution in [0.3, 0.4) is 0 Å². The summed E-state index contributed by atoms with van der Waals surface area (Å²) in [6.07, 6.45) is 4.49. The molecule has 2 aromatic carbocycles. The van der Waals surface area contributed by atoms with E-state index in [1.807, 2.05) is 56.4 Å². The molecular weight excluding hydrogens is 734 g/mol. The van der Waals surface area contributed by atoms with Gasteiger partial charge in [0.15, 0.2) is 11.6 Å². The van der Waals surface area contributed by atoms with E-state index in [-0.39, 0.29) is 48.0 Å². The summed E-state index contributed by atoms with van der Waals surface area (Å²) in [7, 11) is 0. The average molecular weight is 770 g/mol. The van der Waals surface area contributed by atoms with Gasteiger partial charge in [-0.1, -0.05) is 35.9 Å². The molecule has 5 heterocycles. The summed E-state index contributed by atoms with van der Waals surface area (Å²) in [6.45, 7) is 6.65. The van der Waals surface area contributed by atoms with Crippen molar-refractivity contribution >= 4 is 57.7 Å². The molecule has 1 unspecified atom stereocenters. The zero-order valence-electron chi connectivity index (χ0n) is 30.5. The molecule has 55 heavy (non-hydrogen) atoms. The van der Waals surface area contributed by atoms with E-state index < -0.39 is 17.9 Å². The van der Waals surface area contributed by atoms with E-state index >= 15 is 0 Å². The zero-order chi connectivity index (χ0) is 38.4. The van der Waals surface area contributed by atoms with E-state index in [0.717, 1.165) is 73.7 Å². The van der Waals surface area contributed by atoms with Crippen molar-refractivity contribution in [2.24, 2.45) is 4.99 Å². The van der Waals surface area contributed by atoms with Gasteiger partial charge in [0.25, 0.3) is 11.8 Å². The van der Waals surface area contributed by atoms with Gasteiger partial charge >= 0.3 is 0 Å². The molecule has 0 radical (unpaired) electrons. The number of amides is 2. The number of nitrogens with zero attached hydrogens (tertiary/aromatic N) is 6. The first-order chi connectivity index (χ1) is 26.6. The molecule has 3 aliphatic rings. The number of thiophene rings is 1. The summed E-state index contributed by atoms with van der Waals surface area (Å²) < 4.78 is 2.09. The van der Waals surface area contributed by atoms with Gasteiger partial charge in [0.2, 0.25) is 0 Å². The maximum Gasteiger partial charge on any atom is 0.264 e. The number of benzene rings is 2. The van der Waals surface area contributed by atoms with E-state index in [0.29, 0.717) is 22.9 Å². The Morgan fingerprint density at radius 2 is 1.76 bits per heavy atom. The molecule has 1 fully saturated rings. The molecule has 2 amide bonds. The molecule has 1 aliphatic carbocycles. The van der Waals surface area contributed by atoms with Gasteiger partial charge < -0.3 is 5.32 Å². The van der Waals surface area contributed by atoms with Gasteiger partial charge in [-0.3, -0.25) is 33.6 Å². The number of Topliss-reactive ketones (excluding diaryl/α,β-unsaturated/α-hetero) is 2. The Morgan fingerprint density at radius 3 is 2.53 bits per heavy atom. The van der Waals surface area contributed by atoms with E-state index in [4.69, 9.17) is 16.6 Å². The van der Waals surface area contributed by atoms with Crippen LogP contribution < -0.4 is 5.32 Å². The quantitative estimate of drug-likeness (QED) is 0.0769. The summed E-state index contributed by atoms with van der Waals surface area (Å²) in [5.74, 6) is 6.71. The Kier molecular flexibility index (Phi) is 9.75. The van der Waals surface area contributed by atoms with E-state index in [2.05, 4.69) is 43.8 Å². The topological polar surface area (TPSA) is 140 Å². The molecule has 276 valence electrons. The van der Waals surface area contributed by atoms with E-state index in [9.17, 15) is 19.2 Å². The molecular formula is C42H36ClN7O4S. The first-order valence-electron chi connectivity index (χ1n) is 18.2. The lowest BCUT2D eigenvalue weighted by atomic mass is 9.92. The predicted octanol–water partition coefficient (Wildman–Crippen LogP) is 7.03. The monoisotopic (exact) mass is 769 g/mol. The van der Waals surface area contributed by atoms with Crippen LogP contribution in [0.2, 0.25) is 5.02 Å². The number of anilines is 1. The second-order valence-electron chi connectivity index (χ2n) is 14.0. The Labute approximate surface area is 326 Å². The second kappa shape index (κ2) is 14.8. The van der Waals surface area contributed by atoms with E-state index in [1.165, 1.54) is 0 Å². The third-order valence-corrected chi connectivity index (χ3v) is 11.7. The van der Waals surface area contributed by atoms with Crippen LogP contribution in [-0.2, 0) is 16.0 Å². The fourth-order valence-corrected chi connectivity index (χ4v) is 8.75. The minimum Gasteiger partial charge on any atom is -0.384 e. The van der Waals surface area contributed by atoms with Crippen molar-refractivity contribution in [1.29, 1.82) is 0 Å². The molecule has 1 N–H and O–H groups in total. The molecule has 0 bridgehead atoms. The number of hydrogen-bond acceptors (Lipinski definition) is 10. The maximum absolute atomic E-state index is 13.4. The molecule has 0 spiro atoms. The highest BCUT2D eigenvalue weighted by Crippen LogP contribution is 2.39. The molecule has 2 atom stereocenters. The summed E-state index contributed by atoms with van der Waals surface area (Å²) in [5, 5.41) is 13.8. The number of halogens is 1. The van der Waals surface area contributed by atoms with Crippen LogP contribution in [0.15, 0.2) is 65.8 Å². The van der Waals surface area contributed by atoms with Gasteiger partial charge in [0.1, 0.15) is 28.3 Å². The van der Waals surface area contributed by atoms with Gasteiger partial charge in [-0.25, -0.2) is 4.98 Å². The molecule has 3 aromatic heterocycles. The van der Waals surface area contributed by atoms with Crippen LogP contribution in [-0.4, -0.2) is 66.3 Å². The lowest BCUT2D eigenvalue weighted by Gasteiger charge is -2.27. The molecule has 13 heteroatoms. The molecule has 11 nitrogen and oxygen atoms in total. The smallest absolute Gasteiger partial charge is 0.264 e. The second-order valence-corrected chi connectivity index (χ2v) is 15.4. The van der Waals surface area contributed by atoms with E-state index in [1.54, 1.807) is 29.5 Å². The summed E-state index contributed by atoms with van der Waals surface area (Å²) in [6, 6.07) is 15.7. The highest BCUT2D eigenvalue weighted by atomic mass is 35.5. The van der Waals surface area contributed by atoms with Crippen LogP contribution in [0.4, 0.5) is 5.69 Å². The zero-order valence-corrected chi connectivity index (χ0v) is 32.1. The van der Waals surface area contributed by atoms with Gasteiger partial charge in [0, 0.05) is 41.0 Å². The van der Waals surface area contributed by atoms with Crippen LogP contribution in [0.25, 0.3) is 5.00 Å². The van der Waals surface area contributed by atoms with Crippen molar-refractivity contribution < 1.29 is 19.2 Å². The fraction of sp³-hybridized carbons (Fsp3) is 0.286. The standard InChI is InChI=1S/C42H36ClN7O4S/c1-23-35(55-42-36(23)38(27-11-13-28(43)14-12-27)46-24(2)39-48-47-25(3)49(39)42)19-16-29-15-10-26(22-45-29)7-4-5-20-44-32-9-6-8-31-37(32)41(54)50(40(31)53)33-18-17-30(51)21-34(33)52/h6,8-15,22,24,33,44H,4-5,7,17-18,20-21H2,1-3H3/t24-,33?/m0/s1. The van der Waals surface area contributed by atoms with Crippen LogP contribution in [0, 0.1) is 25.7 Å². The molecule has 2 aliphatic heterocycles. The number of pyridine rings is 1. The number of aryl methyl sites for hydroxylation is 2. The minimum atomic E-state index is -0.889. The van der Waals surface area contributed by atoms with Crippen molar-refractivity contribution in [2.45, 2.75) is 71.4 Å². The van der Waals surface area contributed by atoms with Crippen LogP contribution in [0.1, 0.15) is 110 Å². The Balaban J connectivity index is 0.914. The number of carbonyl (C=O) groups is 4. The Bertz CT molecular complexity index is 2490. The number of rotatable bonds is 8. The number of unbranched alkanes of at least 4 members (excludes halogenated alkanes) is 1. The Hall–Kier alpha value is -5.77. The van der Waals surface area contributed by atoms with Crippen LogP contribution >= 0.6 is 22.9 Å². The lowest BCUT2D eigenvalue weighted by molar-refractivity contribution is -0.132. The summed E-state index contributed by atoms with van der Waals surface area (Å²) >= 11 is 7.82. The summed E-state index contributed by atoms with van der Waals surface area (Å²) in [5.41, 5.74) is 6.78. The van der Waals surface area contributed by atoms with Crippen molar-refractivity contribution in [3.8, 4) is 16.8 Å². The number of carbonyl (C=O) groups excluding carboxylic acids is 4. The number of nitrogens with one attached hydrogen (secondary N) is 1. The van der Waals surface area contributed by atoms with Crippen molar-refractivity contribution in [1.82, 2.24) is 24.6 Å². The number of hydrogen-bond donors (Lipinski definition) is 1. The normalized spacial score (nSPS) is 17.6.